The van der Waals surface area contributed by atoms with Gasteiger partial charge in [-0.1, -0.05) is 18.9 Å². The molecule has 0 spiro atoms. The van der Waals surface area contributed by atoms with Gasteiger partial charge in [-0.15, -0.1) is 0 Å². The molecule has 114 valence electrons. The molecule has 1 aliphatic heterocycles. The maximum atomic E-state index is 12.1. The van der Waals surface area contributed by atoms with E-state index in [-0.39, 0.29) is 18.4 Å². The number of carbonyl (C=O) groups excluding carboxylic acids is 2. The number of benzene rings is 1. The van der Waals surface area contributed by atoms with E-state index in [9.17, 15) is 9.59 Å². The Hall–Kier alpha value is -2.04. The number of rotatable bonds is 3. The summed E-state index contributed by atoms with van der Waals surface area (Å²) in [5.41, 5.74) is 8.07. The molecule has 1 saturated heterocycles. The van der Waals surface area contributed by atoms with Crippen LogP contribution in [0.2, 0.25) is 0 Å². The van der Waals surface area contributed by atoms with E-state index in [1.54, 1.807) is 11.0 Å². The number of aryl methyl sites for hydroxylation is 1. The van der Waals surface area contributed by atoms with Gasteiger partial charge >= 0.3 is 0 Å². The standard InChI is InChI=1S/C16H23N3O2/c1-12-7-8-14(13(17)10-12)18-15(20)11-19-9-5-3-2-4-6-16(19)21/h7-8,10H,2-6,9,11,17H2,1H3,(H,18,20). The third kappa shape index (κ3) is 4.48. The minimum absolute atomic E-state index is 0.0710. The lowest BCUT2D eigenvalue weighted by Crippen LogP contribution is -2.39. The number of amides is 2. The van der Waals surface area contributed by atoms with E-state index < -0.39 is 0 Å². The second kappa shape index (κ2) is 7.11. The predicted octanol–water partition coefficient (Wildman–Crippen LogP) is 2.31. The topological polar surface area (TPSA) is 75.4 Å². The average Bonchev–Trinajstić information content (AvgIpc) is 2.42. The summed E-state index contributed by atoms with van der Waals surface area (Å²) in [5, 5.41) is 2.78. The number of hydrogen-bond acceptors (Lipinski definition) is 3. The minimum atomic E-state index is -0.195. The number of nitrogen functional groups attached to an aromatic ring is 1. The van der Waals surface area contributed by atoms with Gasteiger partial charge in [-0.3, -0.25) is 9.59 Å². The second-order valence-corrected chi connectivity index (χ2v) is 5.62. The van der Waals surface area contributed by atoms with Gasteiger partial charge in [-0.25, -0.2) is 0 Å². The first kappa shape index (κ1) is 15.4. The highest BCUT2D eigenvalue weighted by Crippen LogP contribution is 2.19. The Labute approximate surface area is 125 Å². The quantitative estimate of drug-likeness (QED) is 0.838. The fourth-order valence-corrected chi connectivity index (χ4v) is 2.54. The van der Waals surface area contributed by atoms with Crippen LogP contribution in [0.15, 0.2) is 18.2 Å². The third-order valence-electron chi connectivity index (χ3n) is 3.74. The summed E-state index contributed by atoms with van der Waals surface area (Å²) in [6, 6.07) is 5.50. The summed E-state index contributed by atoms with van der Waals surface area (Å²) in [7, 11) is 0. The lowest BCUT2D eigenvalue weighted by atomic mass is 10.1. The maximum Gasteiger partial charge on any atom is 0.244 e. The summed E-state index contributed by atoms with van der Waals surface area (Å²) in [4.78, 5) is 25.7. The van der Waals surface area contributed by atoms with Crippen molar-refractivity contribution in [1.29, 1.82) is 0 Å². The summed E-state index contributed by atoms with van der Waals surface area (Å²) in [6.07, 6.45) is 4.65. The molecule has 0 unspecified atom stereocenters. The normalized spacial score (nSPS) is 16.2. The fourth-order valence-electron chi connectivity index (χ4n) is 2.54. The lowest BCUT2D eigenvalue weighted by molar-refractivity contribution is -0.135. The van der Waals surface area contributed by atoms with Crippen molar-refractivity contribution in [2.75, 3.05) is 24.1 Å². The van der Waals surface area contributed by atoms with Crippen LogP contribution in [-0.2, 0) is 9.59 Å². The van der Waals surface area contributed by atoms with Crippen LogP contribution in [0.1, 0.15) is 37.7 Å². The molecule has 0 atom stereocenters. The van der Waals surface area contributed by atoms with Gasteiger partial charge in [0.2, 0.25) is 11.8 Å². The van der Waals surface area contributed by atoms with Crippen LogP contribution in [0.25, 0.3) is 0 Å². The number of likely N-dealkylation sites (tertiary alicyclic amines) is 1. The monoisotopic (exact) mass is 289 g/mol. The first-order valence-electron chi connectivity index (χ1n) is 7.50. The first-order valence-corrected chi connectivity index (χ1v) is 7.50. The number of anilines is 2. The van der Waals surface area contributed by atoms with Crippen LogP contribution < -0.4 is 11.1 Å². The highest BCUT2D eigenvalue weighted by atomic mass is 16.2. The van der Waals surface area contributed by atoms with Crippen molar-refractivity contribution in [3.05, 3.63) is 23.8 Å². The molecule has 1 heterocycles. The zero-order chi connectivity index (χ0) is 15.2. The Kier molecular flexibility index (Phi) is 5.20. The van der Waals surface area contributed by atoms with E-state index in [2.05, 4.69) is 5.32 Å². The molecule has 1 fully saturated rings. The van der Waals surface area contributed by atoms with E-state index >= 15 is 0 Å². The first-order chi connectivity index (χ1) is 10.1. The van der Waals surface area contributed by atoms with Gasteiger partial charge < -0.3 is 16.0 Å². The molecule has 5 heteroatoms. The Morgan fingerprint density at radius 1 is 1.29 bits per heavy atom. The van der Waals surface area contributed by atoms with E-state index in [4.69, 9.17) is 5.73 Å². The van der Waals surface area contributed by atoms with Crippen molar-refractivity contribution in [2.24, 2.45) is 0 Å². The van der Waals surface area contributed by atoms with Crippen LogP contribution in [0.4, 0.5) is 11.4 Å². The summed E-state index contributed by atoms with van der Waals surface area (Å²) < 4.78 is 0. The van der Waals surface area contributed by atoms with Gasteiger partial charge in [-0.2, -0.15) is 0 Å². The van der Waals surface area contributed by atoms with E-state index in [0.29, 0.717) is 24.3 Å². The number of nitrogens with zero attached hydrogens (tertiary/aromatic N) is 1. The van der Waals surface area contributed by atoms with Crippen LogP contribution >= 0.6 is 0 Å². The SMILES string of the molecule is Cc1ccc(NC(=O)CN2CCCCCCC2=O)c(N)c1. The van der Waals surface area contributed by atoms with Crippen LogP contribution in [0, 0.1) is 6.92 Å². The Balaban J connectivity index is 1.95. The molecular formula is C16H23N3O2. The molecule has 1 aromatic carbocycles. The molecule has 0 aromatic heterocycles. The van der Waals surface area contributed by atoms with Crippen molar-refractivity contribution < 1.29 is 9.59 Å². The van der Waals surface area contributed by atoms with Crippen molar-refractivity contribution >= 4 is 23.2 Å². The number of hydrogen-bond donors (Lipinski definition) is 2. The molecule has 3 N–H and O–H groups in total. The minimum Gasteiger partial charge on any atom is -0.397 e. The van der Waals surface area contributed by atoms with Gasteiger partial charge in [0, 0.05) is 13.0 Å². The molecule has 1 aliphatic rings. The molecule has 2 amide bonds. The van der Waals surface area contributed by atoms with Gasteiger partial charge in [0.05, 0.1) is 17.9 Å². The molecule has 2 rings (SSSR count). The summed E-state index contributed by atoms with van der Waals surface area (Å²) in [5.74, 6) is -0.124. The lowest BCUT2D eigenvalue weighted by Gasteiger charge is -2.24. The average molecular weight is 289 g/mol. The maximum absolute atomic E-state index is 12.1. The van der Waals surface area contributed by atoms with Crippen LogP contribution in [-0.4, -0.2) is 29.8 Å². The Bertz CT molecular complexity index is 528. The summed E-state index contributed by atoms with van der Waals surface area (Å²) >= 11 is 0. The molecule has 0 bridgehead atoms. The number of nitrogens with one attached hydrogen (secondary N) is 1. The molecule has 0 radical (unpaired) electrons. The molecule has 5 nitrogen and oxygen atoms in total. The number of carbonyl (C=O) groups is 2. The zero-order valence-electron chi connectivity index (χ0n) is 12.5. The van der Waals surface area contributed by atoms with E-state index in [0.717, 1.165) is 31.2 Å². The van der Waals surface area contributed by atoms with Crippen LogP contribution in [0.3, 0.4) is 0 Å². The fraction of sp³-hybridized carbons (Fsp3) is 0.500. The van der Waals surface area contributed by atoms with E-state index in [1.807, 2.05) is 19.1 Å². The zero-order valence-corrected chi connectivity index (χ0v) is 12.5. The highest BCUT2D eigenvalue weighted by molar-refractivity contribution is 5.96. The van der Waals surface area contributed by atoms with Gasteiger partial charge in [-0.05, 0) is 37.5 Å². The van der Waals surface area contributed by atoms with Crippen molar-refractivity contribution in [1.82, 2.24) is 4.90 Å². The Morgan fingerprint density at radius 3 is 2.81 bits per heavy atom. The highest BCUT2D eigenvalue weighted by Gasteiger charge is 2.18. The van der Waals surface area contributed by atoms with Gasteiger partial charge in [0.25, 0.3) is 0 Å². The second-order valence-electron chi connectivity index (χ2n) is 5.62. The van der Waals surface area contributed by atoms with Crippen LogP contribution in [0.5, 0.6) is 0 Å². The molecule has 0 saturated carbocycles. The van der Waals surface area contributed by atoms with E-state index in [1.165, 1.54) is 0 Å². The predicted molar refractivity (Wildman–Crippen MR) is 83.9 cm³/mol. The summed E-state index contributed by atoms with van der Waals surface area (Å²) in [6.45, 7) is 2.71. The molecular weight excluding hydrogens is 266 g/mol. The molecule has 0 aliphatic carbocycles. The van der Waals surface area contributed by atoms with Crippen molar-refractivity contribution in [3.63, 3.8) is 0 Å². The molecule has 1 aromatic rings. The number of nitrogens with two attached hydrogens (primary N) is 1. The van der Waals surface area contributed by atoms with Gasteiger partial charge in [0.15, 0.2) is 0 Å². The third-order valence-corrected chi connectivity index (χ3v) is 3.74. The smallest absolute Gasteiger partial charge is 0.244 e. The Morgan fingerprint density at radius 2 is 2.05 bits per heavy atom. The largest absolute Gasteiger partial charge is 0.397 e. The molecule has 21 heavy (non-hydrogen) atoms. The van der Waals surface area contributed by atoms with Crippen molar-refractivity contribution in [3.8, 4) is 0 Å². The van der Waals surface area contributed by atoms with Crippen molar-refractivity contribution in [2.45, 2.75) is 39.0 Å². The van der Waals surface area contributed by atoms with Gasteiger partial charge in [0.1, 0.15) is 0 Å².